The third-order valence-corrected chi connectivity index (χ3v) is 5.30. The molecule has 29 heavy (non-hydrogen) atoms. The number of aromatic nitrogens is 3. The molecule has 0 aliphatic rings. The second-order valence-corrected chi connectivity index (χ2v) is 7.41. The van der Waals surface area contributed by atoms with Crippen LogP contribution in [0.2, 0.25) is 0 Å². The van der Waals surface area contributed by atoms with Crippen LogP contribution in [0.5, 0.6) is 0 Å². The molecule has 0 aliphatic heterocycles. The average Bonchev–Trinajstić information content (AvgIpc) is 3.19. The van der Waals surface area contributed by atoms with Crippen LogP contribution >= 0.6 is 11.3 Å². The van der Waals surface area contributed by atoms with Gasteiger partial charge in [-0.3, -0.25) is 24.5 Å². The van der Waals surface area contributed by atoms with Crippen molar-refractivity contribution in [3.8, 4) is 17.1 Å². The van der Waals surface area contributed by atoms with Crippen LogP contribution in [0.3, 0.4) is 0 Å². The summed E-state index contributed by atoms with van der Waals surface area (Å²) in [7, 11) is 0. The predicted octanol–water partition coefficient (Wildman–Crippen LogP) is 4.23. The number of rotatable bonds is 4. The summed E-state index contributed by atoms with van der Waals surface area (Å²) < 4.78 is 1.45. The molecule has 0 aliphatic carbocycles. The van der Waals surface area contributed by atoms with E-state index in [1.165, 1.54) is 34.2 Å². The van der Waals surface area contributed by atoms with Gasteiger partial charge in [-0.05, 0) is 43.7 Å². The van der Waals surface area contributed by atoms with Crippen LogP contribution in [0, 0.1) is 13.8 Å². The molecule has 1 aromatic carbocycles. The van der Waals surface area contributed by atoms with E-state index in [0.717, 1.165) is 17.0 Å². The number of nitrogens with zero attached hydrogens (tertiary/aromatic N) is 3. The first kappa shape index (κ1) is 18.8. The van der Waals surface area contributed by atoms with E-state index >= 15 is 0 Å². The summed E-state index contributed by atoms with van der Waals surface area (Å²) in [6.07, 6.45) is 1.53. The highest BCUT2D eigenvalue weighted by Gasteiger charge is 2.13. The number of thiazole rings is 1. The highest BCUT2D eigenvalue weighted by molar-refractivity contribution is 7.14. The van der Waals surface area contributed by atoms with Crippen molar-refractivity contribution in [2.75, 3.05) is 5.32 Å². The van der Waals surface area contributed by atoms with Crippen molar-refractivity contribution in [1.82, 2.24) is 14.5 Å². The van der Waals surface area contributed by atoms with E-state index in [2.05, 4.69) is 15.3 Å². The summed E-state index contributed by atoms with van der Waals surface area (Å²) in [5.74, 6) is -0.330. The molecular formula is C22H18N4O2S. The zero-order valence-electron chi connectivity index (χ0n) is 15.9. The number of aryl methyl sites for hydroxylation is 2. The zero-order chi connectivity index (χ0) is 20.4. The second kappa shape index (κ2) is 7.81. The Hall–Kier alpha value is -3.58. The molecule has 3 heterocycles. The van der Waals surface area contributed by atoms with Gasteiger partial charge in [0.25, 0.3) is 11.5 Å². The van der Waals surface area contributed by atoms with E-state index in [9.17, 15) is 9.59 Å². The van der Waals surface area contributed by atoms with Gasteiger partial charge < -0.3 is 0 Å². The van der Waals surface area contributed by atoms with Gasteiger partial charge in [-0.25, -0.2) is 4.98 Å². The van der Waals surface area contributed by atoms with Gasteiger partial charge in [0.1, 0.15) is 5.69 Å². The van der Waals surface area contributed by atoms with E-state index in [-0.39, 0.29) is 11.5 Å². The number of para-hydroxylation sites is 1. The Balaban J connectivity index is 1.57. The maximum absolute atomic E-state index is 12.7. The van der Waals surface area contributed by atoms with Gasteiger partial charge in [0.15, 0.2) is 5.13 Å². The van der Waals surface area contributed by atoms with Crippen LogP contribution in [-0.2, 0) is 0 Å². The Bertz CT molecular complexity index is 1250. The lowest BCUT2D eigenvalue weighted by molar-refractivity contribution is 0.102. The van der Waals surface area contributed by atoms with Crippen molar-refractivity contribution in [3.05, 3.63) is 93.3 Å². The van der Waals surface area contributed by atoms with Crippen LogP contribution in [0.15, 0.2) is 71.0 Å². The van der Waals surface area contributed by atoms with Gasteiger partial charge in [-0.2, -0.15) is 0 Å². The highest BCUT2D eigenvalue weighted by Crippen LogP contribution is 2.24. The number of anilines is 1. The van der Waals surface area contributed by atoms with Gasteiger partial charge in [0, 0.05) is 29.0 Å². The molecule has 6 nitrogen and oxygen atoms in total. The maximum Gasteiger partial charge on any atom is 0.258 e. The zero-order valence-corrected chi connectivity index (χ0v) is 16.7. The first-order valence-electron chi connectivity index (χ1n) is 9.01. The van der Waals surface area contributed by atoms with Crippen molar-refractivity contribution in [2.24, 2.45) is 0 Å². The molecule has 1 N–H and O–H groups in total. The lowest BCUT2D eigenvalue weighted by atomic mass is 10.2. The van der Waals surface area contributed by atoms with Crippen molar-refractivity contribution >= 4 is 22.4 Å². The molecule has 0 unspecified atom stereocenters. The van der Waals surface area contributed by atoms with Gasteiger partial charge in [0.2, 0.25) is 0 Å². The van der Waals surface area contributed by atoms with Crippen molar-refractivity contribution < 1.29 is 4.79 Å². The number of benzene rings is 1. The van der Waals surface area contributed by atoms with E-state index in [0.29, 0.717) is 22.1 Å². The van der Waals surface area contributed by atoms with Gasteiger partial charge in [-0.15, -0.1) is 11.3 Å². The first-order chi connectivity index (χ1) is 14.0. The molecule has 144 valence electrons. The van der Waals surface area contributed by atoms with Gasteiger partial charge in [-0.1, -0.05) is 24.3 Å². The minimum absolute atomic E-state index is 0.204. The molecule has 0 fully saturated rings. The predicted molar refractivity (Wildman–Crippen MR) is 115 cm³/mol. The van der Waals surface area contributed by atoms with E-state index in [4.69, 9.17) is 0 Å². The number of hydrogen-bond acceptors (Lipinski definition) is 5. The maximum atomic E-state index is 12.7. The summed E-state index contributed by atoms with van der Waals surface area (Å²) in [4.78, 5) is 33.9. The number of carbonyl (C=O) groups is 1. The normalized spacial score (nSPS) is 10.7. The smallest absolute Gasteiger partial charge is 0.258 e. The molecule has 0 saturated carbocycles. The Kier molecular flexibility index (Phi) is 5.05. The molecule has 3 aromatic heterocycles. The molecule has 0 spiro atoms. The monoisotopic (exact) mass is 402 g/mol. The van der Waals surface area contributed by atoms with E-state index < -0.39 is 0 Å². The Morgan fingerprint density at radius 1 is 0.966 bits per heavy atom. The minimum Gasteiger partial charge on any atom is -0.298 e. The summed E-state index contributed by atoms with van der Waals surface area (Å²) in [5, 5.41) is 5.13. The molecule has 0 saturated heterocycles. The van der Waals surface area contributed by atoms with Crippen LogP contribution in [0.4, 0.5) is 5.13 Å². The number of carbonyl (C=O) groups excluding carboxylic acids is 1. The second-order valence-electron chi connectivity index (χ2n) is 6.55. The fourth-order valence-electron chi connectivity index (χ4n) is 2.80. The Morgan fingerprint density at radius 2 is 1.76 bits per heavy atom. The highest BCUT2D eigenvalue weighted by atomic mass is 32.1. The number of nitrogens with one attached hydrogen (secondary N) is 1. The quantitative estimate of drug-likeness (QED) is 0.554. The lowest BCUT2D eigenvalue weighted by Gasteiger charge is -2.08. The standard InChI is InChI=1S/C22H18N4O2S/c1-14-8-10-18(23-15(14)2)19-13-29-22(24-19)25-21(28)16-9-11-20(27)26(12-16)17-6-4-3-5-7-17/h3-13H,1-2H3,(H,24,25,28). The SMILES string of the molecule is Cc1ccc(-c2csc(NC(=O)c3ccc(=O)n(-c4ccccc4)c3)n2)nc1C. The Morgan fingerprint density at radius 3 is 2.52 bits per heavy atom. The molecule has 7 heteroatoms. The number of hydrogen-bond donors (Lipinski definition) is 1. The summed E-state index contributed by atoms with van der Waals surface area (Å²) in [6, 6.07) is 16.0. The molecule has 0 atom stereocenters. The van der Waals surface area contributed by atoms with Gasteiger partial charge >= 0.3 is 0 Å². The van der Waals surface area contributed by atoms with Crippen molar-refractivity contribution in [2.45, 2.75) is 13.8 Å². The van der Waals surface area contributed by atoms with E-state index in [1.807, 2.05) is 61.7 Å². The van der Waals surface area contributed by atoms with Crippen molar-refractivity contribution in [3.63, 3.8) is 0 Å². The molecule has 0 radical (unpaired) electrons. The Labute approximate surface area is 171 Å². The molecular weight excluding hydrogens is 384 g/mol. The third kappa shape index (κ3) is 4.00. The lowest BCUT2D eigenvalue weighted by Crippen LogP contribution is -2.20. The summed E-state index contributed by atoms with van der Waals surface area (Å²) >= 11 is 1.33. The molecule has 0 bridgehead atoms. The minimum atomic E-state index is -0.330. The largest absolute Gasteiger partial charge is 0.298 e. The van der Waals surface area contributed by atoms with Crippen LogP contribution in [0.25, 0.3) is 17.1 Å². The topological polar surface area (TPSA) is 76.9 Å². The summed E-state index contributed by atoms with van der Waals surface area (Å²) in [5.41, 5.74) is 4.41. The fraction of sp³-hybridized carbons (Fsp3) is 0.0909. The van der Waals surface area contributed by atoms with Crippen LogP contribution < -0.4 is 10.9 Å². The fourth-order valence-corrected chi connectivity index (χ4v) is 3.50. The molecule has 4 aromatic rings. The molecule has 1 amide bonds. The van der Waals surface area contributed by atoms with Crippen LogP contribution in [-0.4, -0.2) is 20.4 Å². The third-order valence-electron chi connectivity index (χ3n) is 4.54. The van der Waals surface area contributed by atoms with E-state index in [1.54, 1.807) is 0 Å². The van der Waals surface area contributed by atoms with Gasteiger partial charge in [0.05, 0.1) is 11.3 Å². The number of pyridine rings is 2. The van der Waals surface area contributed by atoms with Crippen molar-refractivity contribution in [1.29, 1.82) is 0 Å². The first-order valence-corrected chi connectivity index (χ1v) is 9.89. The summed E-state index contributed by atoms with van der Waals surface area (Å²) in [6.45, 7) is 3.96. The molecule has 4 rings (SSSR count). The van der Waals surface area contributed by atoms with Crippen LogP contribution in [0.1, 0.15) is 21.6 Å². The number of amides is 1. The average molecular weight is 402 g/mol.